The van der Waals surface area contributed by atoms with Gasteiger partial charge in [-0.15, -0.1) is 11.3 Å². The fraction of sp³-hybridized carbons (Fsp3) is 0.476. The summed E-state index contributed by atoms with van der Waals surface area (Å²) < 4.78 is 0. The summed E-state index contributed by atoms with van der Waals surface area (Å²) in [5.41, 5.74) is 1.07. The number of piperazine rings is 2. The highest BCUT2D eigenvalue weighted by atomic mass is 35.5. The Hall–Kier alpha value is -1.60. The zero-order valence-corrected chi connectivity index (χ0v) is 17.7. The van der Waals surface area contributed by atoms with Crippen molar-refractivity contribution in [3.05, 3.63) is 51.7 Å². The fourth-order valence-electron chi connectivity index (χ4n) is 3.92. The summed E-state index contributed by atoms with van der Waals surface area (Å²) in [6.45, 7) is 8.78. The van der Waals surface area contributed by atoms with Gasteiger partial charge in [0.2, 0.25) is 5.91 Å². The second kappa shape index (κ2) is 9.27. The van der Waals surface area contributed by atoms with Gasteiger partial charge in [0.25, 0.3) is 0 Å². The Morgan fingerprint density at radius 3 is 2.29 bits per heavy atom. The molecule has 4 rings (SSSR count). The number of anilines is 1. The SMILES string of the molecule is O=C(CN1CCN(Cc2cccs2)CC1)N1CCN(c2ccccc2Cl)CC1. The van der Waals surface area contributed by atoms with Gasteiger partial charge in [-0.2, -0.15) is 0 Å². The summed E-state index contributed by atoms with van der Waals surface area (Å²) >= 11 is 8.13. The molecular weight excluding hydrogens is 392 g/mol. The zero-order chi connectivity index (χ0) is 19.3. The molecule has 7 heteroatoms. The summed E-state index contributed by atoms with van der Waals surface area (Å²) in [6, 6.07) is 12.2. The molecule has 0 N–H and O–H groups in total. The lowest BCUT2D eigenvalue weighted by molar-refractivity contribution is -0.133. The monoisotopic (exact) mass is 418 g/mol. The lowest BCUT2D eigenvalue weighted by atomic mass is 10.2. The van der Waals surface area contributed by atoms with E-state index in [0.717, 1.165) is 69.6 Å². The van der Waals surface area contributed by atoms with Crippen LogP contribution in [0.2, 0.25) is 5.02 Å². The average molecular weight is 419 g/mol. The number of amides is 1. The van der Waals surface area contributed by atoms with Crippen molar-refractivity contribution in [2.24, 2.45) is 0 Å². The van der Waals surface area contributed by atoms with E-state index < -0.39 is 0 Å². The van der Waals surface area contributed by atoms with Gasteiger partial charge in [-0.1, -0.05) is 29.8 Å². The van der Waals surface area contributed by atoms with Gasteiger partial charge in [-0.05, 0) is 23.6 Å². The van der Waals surface area contributed by atoms with E-state index in [2.05, 4.69) is 38.3 Å². The number of para-hydroxylation sites is 1. The summed E-state index contributed by atoms with van der Waals surface area (Å²) in [4.78, 5) is 23.2. The first kappa shape index (κ1) is 19.7. The topological polar surface area (TPSA) is 30.0 Å². The molecule has 5 nitrogen and oxygen atoms in total. The number of halogens is 1. The number of nitrogens with zero attached hydrogens (tertiary/aromatic N) is 4. The molecule has 150 valence electrons. The highest BCUT2D eigenvalue weighted by Gasteiger charge is 2.25. The number of hydrogen-bond donors (Lipinski definition) is 0. The van der Waals surface area contributed by atoms with Crippen molar-refractivity contribution >= 4 is 34.5 Å². The van der Waals surface area contributed by atoms with Crippen LogP contribution in [-0.2, 0) is 11.3 Å². The van der Waals surface area contributed by atoms with Crippen LogP contribution in [0.5, 0.6) is 0 Å². The highest BCUT2D eigenvalue weighted by molar-refractivity contribution is 7.09. The van der Waals surface area contributed by atoms with Crippen molar-refractivity contribution in [1.29, 1.82) is 0 Å². The molecule has 2 aromatic rings. The first-order chi connectivity index (χ1) is 13.7. The molecule has 0 spiro atoms. The molecule has 28 heavy (non-hydrogen) atoms. The summed E-state index contributed by atoms with van der Waals surface area (Å²) in [5.74, 6) is 0.255. The molecular formula is C21H27ClN4OS. The normalized spacial score (nSPS) is 19.2. The van der Waals surface area contributed by atoms with E-state index in [9.17, 15) is 4.79 Å². The minimum absolute atomic E-state index is 0.255. The number of carbonyl (C=O) groups excluding carboxylic acids is 1. The van der Waals surface area contributed by atoms with Crippen molar-refractivity contribution in [3.8, 4) is 0 Å². The van der Waals surface area contributed by atoms with Gasteiger partial charge < -0.3 is 9.80 Å². The molecule has 0 radical (unpaired) electrons. The van der Waals surface area contributed by atoms with Crippen LogP contribution in [-0.4, -0.2) is 79.5 Å². The van der Waals surface area contributed by atoms with Gasteiger partial charge >= 0.3 is 0 Å². The van der Waals surface area contributed by atoms with Crippen molar-refractivity contribution in [3.63, 3.8) is 0 Å². The Kier molecular flexibility index (Phi) is 6.52. The Morgan fingerprint density at radius 1 is 0.893 bits per heavy atom. The third-order valence-corrected chi connectivity index (χ3v) is 6.79. The molecule has 2 saturated heterocycles. The van der Waals surface area contributed by atoms with E-state index in [1.807, 2.05) is 34.4 Å². The second-order valence-corrected chi connectivity index (χ2v) is 8.89. The summed E-state index contributed by atoms with van der Waals surface area (Å²) in [5, 5.41) is 2.91. The van der Waals surface area contributed by atoms with E-state index in [4.69, 9.17) is 11.6 Å². The summed E-state index contributed by atoms with van der Waals surface area (Å²) in [7, 11) is 0. The maximum atomic E-state index is 12.7. The van der Waals surface area contributed by atoms with Crippen LogP contribution < -0.4 is 4.90 Å². The van der Waals surface area contributed by atoms with E-state index in [-0.39, 0.29) is 5.91 Å². The number of benzene rings is 1. The van der Waals surface area contributed by atoms with E-state index in [0.29, 0.717) is 6.54 Å². The molecule has 1 aromatic heterocycles. The molecule has 2 fully saturated rings. The van der Waals surface area contributed by atoms with Gasteiger partial charge in [0.1, 0.15) is 0 Å². The highest BCUT2D eigenvalue weighted by Crippen LogP contribution is 2.26. The van der Waals surface area contributed by atoms with Gasteiger partial charge in [-0.25, -0.2) is 0 Å². The van der Waals surface area contributed by atoms with Gasteiger partial charge in [-0.3, -0.25) is 14.6 Å². The van der Waals surface area contributed by atoms with Crippen molar-refractivity contribution < 1.29 is 4.79 Å². The van der Waals surface area contributed by atoms with E-state index in [1.54, 1.807) is 0 Å². The van der Waals surface area contributed by atoms with Crippen LogP contribution >= 0.6 is 22.9 Å². The Balaban J connectivity index is 1.20. The molecule has 0 unspecified atom stereocenters. The lowest BCUT2D eigenvalue weighted by Gasteiger charge is -2.38. The van der Waals surface area contributed by atoms with Crippen LogP contribution in [0.25, 0.3) is 0 Å². The molecule has 0 bridgehead atoms. The first-order valence-corrected chi connectivity index (χ1v) is 11.2. The maximum Gasteiger partial charge on any atom is 0.236 e. The smallest absolute Gasteiger partial charge is 0.236 e. The molecule has 3 heterocycles. The largest absolute Gasteiger partial charge is 0.367 e. The molecule has 0 aliphatic carbocycles. The van der Waals surface area contributed by atoms with Crippen LogP contribution in [0, 0.1) is 0 Å². The minimum Gasteiger partial charge on any atom is -0.367 e. The number of thiophene rings is 1. The molecule has 0 saturated carbocycles. The quantitative estimate of drug-likeness (QED) is 0.746. The third kappa shape index (κ3) is 4.87. The maximum absolute atomic E-state index is 12.7. The average Bonchev–Trinajstić information content (AvgIpc) is 3.23. The number of rotatable bonds is 5. The predicted octanol–water partition coefficient (Wildman–Crippen LogP) is 2.87. The van der Waals surface area contributed by atoms with Gasteiger partial charge in [0, 0.05) is 63.8 Å². The predicted molar refractivity (Wildman–Crippen MR) is 116 cm³/mol. The van der Waals surface area contributed by atoms with Crippen molar-refractivity contribution in [2.75, 3.05) is 63.8 Å². The van der Waals surface area contributed by atoms with Crippen LogP contribution in [0.3, 0.4) is 0 Å². The Morgan fingerprint density at radius 2 is 1.61 bits per heavy atom. The van der Waals surface area contributed by atoms with E-state index in [1.165, 1.54) is 4.88 Å². The molecule has 2 aliphatic heterocycles. The Bertz CT molecular complexity index is 768. The van der Waals surface area contributed by atoms with Crippen LogP contribution in [0.15, 0.2) is 41.8 Å². The first-order valence-electron chi connectivity index (χ1n) is 9.93. The molecule has 1 aromatic carbocycles. The second-order valence-electron chi connectivity index (χ2n) is 7.45. The third-order valence-electron chi connectivity index (χ3n) is 5.61. The standard InChI is InChI=1S/C21H27ClN4OS/c22-19-5-1-2-6-20(19)25-11-13-26(14-12-25)21(27)17-24-9-7-23(8-10-24)16-18-4-3-15-28-18/h1-6,15H,7-14,16-17H2. The van der Waals surface area contributed by atoms with Crippen molar-refractivity contribution in [1.82, 2.24) is 14.7 Å². The minimum atomic E-state index is 0.255. The van der Waals surface area contributed by atoms with Gasteiger partial charge in [0.15, 0.2) is 0 Å². The Labute approximate surface area is 176 Å². The number of carbonyl (C=O) groups is 1. The van der Waals surface area contributed by atoms with Crippen LogP contribution in [0.4, 0.5) is 5.69 Å². The van der Waals surface area contributed by atoms with Gasteiger partial charge in [0.05, 0.1) is 17.3 Å². The number of hydrogen-bond acceptors (Lipinski definition) is 5. The van der Waals surface area contributed by atoms with Crippen LogP contribution in [0.1, 0.15) is 4.88 Å². The molecule has 1 amide bonds. The zero-order valence-electron chi connectivity index (χ0n) is 16.1. The van der Waals surface area contributed by atoms with E-state index >= 15 is 0 Å². The summed E-state index contributed by atoms with van der Waals surface area (Å²) in [6.07, 6.45) is 0. The van der Waals surface area contributed by atoms with Crippen molar-refractivity contribution in [2.45, 2.75) is 6.54 Å². The molecule has 0 atom stereocenters. The fourth-order valence-corrected chi connectivity index (χ4v) is 4.93. The lowest BCUT2D eigenvalue weighted by Crippen LogP contribution is -2.53. The molecule has 2 aliphatic rings.